The van der Waals surface area contributed by atoms with Gasteiger partial charge in [-0.2, -0.15) is 0 Å². The number of fused-ring (bicyclic) bond motifs is 2. The summed E-state index contributed by atoms with van der Waals surface area (Å²) in [6.45, 7) is 0.443. The topological polar surface area (TPSA) is 79.5 Å². The highest BCUT2D eigenvalue weighted by atomic mass is 19.1. The number of nitrogens with one attached hydrogen (secondary N) is 1. The van der Waals surface area contributed by atoms with Crippen LogP contribution in [-0.2, 0) is 4.79 Å². The van der Waals surface area contributed by atoms with E-state index in [1.807, 2.05) is 30.3 Å². The summed E-state index contributed by atoms with van der Waals surface area (Å²) >= 11 is 0. The molecule has 6 nitrogen and oxygen atoms in total. The van der Waals surface area contributed by atoms with Crippen LogP contribution in [0, 0.1) is 5.82 Å². The molecule has 136 valence electrons. The van der Waals surface area contributed by atoms with Crippen LogP contribution in [-0.4, -0.2) is 32.0 Å². The lowest BCUT2D eigenvalue weighted by atomic mass is 10.1. The predicted molar refractivity (Wildman–Crippen MR) is 101 cm³/mol. The number of anilines is 1. The Morgan fingerprint density at radius 3 is 2.96 bits per heavy atom. The summed E-state index contributed by atoms with van der Waals surface area (Å²) in [5, 5.41) is 13.0. The van der Waals surface area contributed by atoms with Gasteiger partial charge in [0.25, 0.3) is 0 Å². The number of nitrogens with zero attached hydrogens (tertiary/aromatic N) is 3. The van der Waals surface area contributed by atoms with Gasteiger partial charge >= 0.3 is 5.97 Å². The van der Waals surface area contributed by atoms with Gasteiger partial charge < -0.3 is 10.4 Å². The molecule has 7 heteroatoms. The molecule has 3 aromatic heterocycles. The molecule has 0 radical (unpaired) electrons. The lowest BCUT2D eigenvalue weighted by Gasteiger charge is -2.09. The third kappa shape index (κ3) is 3.44. The number of hydrogen-bond donors (Lipinski definition) is 2. The van der Waals surface area contributed by atoms with Gasteiger partial charge in [0.05, 0.1) is 5.52 Å². The number of imidazole rings is 1. The number of pyridine rings is 2. The van der Waals surface area contributed by atoms with Crippen molar-refractivity contribution in [1.29, 1.82) is 0 Å². The molecular formula is C20H17FN4O2. The van der Waals surface area contributed by atoms with Crippen LogP contribution in [0.5, 0.6) is 0 Å². The number of benzene rings is 1. The Balaban J connectivity index is 1.77. The minimum absolute atomic E-state index is 0.0646. The van der Waals surface area contributed by atoms with Crippen LogP contribution in [0.2, 0.25) is 0 Å². The molecule has 4 aromatic rings. The average Bonchev–Trinajstić information content (AvgIpc) is 3.02. The molecule has 0 saturated carbocycles. The molecule has 0 spiro atoms. The van der Waals surface area contributed by atoms with Gasteiger partial charge in [-0.05, 0) is 36.8 Å². The van der Waals surface area contributed by atoms with Gasteiger partial charge in [0, 0.05) is 36.3 Å². The van der Waals surface area contributed by atoms with E-state index in [0.717, 1.165) is 16.5 Å². The maximum absolute atomic E-state index is 13.8. The van der Waals surface area contributed by atoms with Crippen LogP contribution in [0.3, 0.4) is 0 Å². The van der Waals surface area contributed by atoms with Gasteiger partial charge in [-0.3, -0.25) is 14.2 Å². The summed E-state index contributed by atoms with van der Waals surface area (Å²) in [6, 6.07) is 12.7. The smallest absolute Gasteiger partial charge is 0.303 e. The Morgan fingerprint density at radius 1 is 1.22 bits per heavy atom. The third-order valence-electron chi connectivity index (χ3n) is 4.32. The summed E-state index contributed by atoms with van der Waals surface area (Å²) in [5.41, 5.74) is 3.05. The first-order valence-electron chi connectivity index (χ1n) is 8.60. The van der Waals surface area contributed by atoms with E-state index in [-0.39, 0.29) is 12.2 Å². The van der Waals surface area contributed by atoms with Crippen molar-refractivity contribution in [2.24, 2.45) is 0 Å². The first kappa shape index (κ1) is 17.0. The molecule has 27 heavy (non-hydrogen) atoms. The van der Waals surface area contributed by atoms with Crippen molar-refractivity contribution < 1.29 is 14.3 Å². The SMILES string of the molecule is O=C(O)CCCNc1c(-c2ccc3ncccc3c2)nc2ccc(F)cn12. The summed E-state index contributed by atoms with van der Waals surface area (Å²) < 4.78 is 15.4. The van der Waals surface area contributed by atoms with Gasteiger partial charge in [0.2, 0.25) is 0 Å². The van der Waals surface area contributed by atoms with E-state index in [1.54, 1.807) is 16.7 Å². The predicted octanol–water partition coefficient (Wildman–Crippen LogP) is 3.97. The first-order valence-corrected chi connectivity index (χ1v) is 8.60. The molecule has 0 aliphatic rings. The number of rotatable bonds is 6. The number of aromatic nitrogens is 3. The van der Waals surface area contributed by atoms with Crippen molar-refractivity contribution in [1.82, 2.24) is 14.4 Å². The zero-order valence-electron chi connectivity index (χ0n) is 14.4. The fourth-order valence-corrected chi connectivity index (χ4v) is 3.06. The Bertz CT molecular complexity index is 1140. The molecule has 0 unspecified atom stereocenters. The van der Waals surface area contributed by atoms with Crippen LogP contribution in [0.1, 0.15) is 12.8 Å². The molecule has 0 amide bonds. The average molecular weight is 364 g/mol. The summed E-state index contributed by atoms with van der Waals surface area (Å²) in [7, 11) is 0. The van der Waals surface area contributed by atoms with Gasteiger partial charge in [0.15, 0.2) is 0 Å². The van der Waals surface area contributed by atoms with Crippen LogP contribution < -0.4 is 5.32 Å². The minimum atomic E-state index is -0.844. The second-order valence-corrected chi connectivity index (χ2v) is 6.22. The molecule has 0 aliphatic heterocycles. The number of halogens is 1. The van der Waals surface area contributed by atoms with Gasteiger partial charge in [0.1, 0.15) is 23.0 Å². The standard InChI is InChI=1S/C20H17FN4O2/c21-15-6-8-17-24-19(14-5-7-16-13(11-14)3-1-9-22-16)20(25(17)12-15)23-10-2-4-18(26)27/h1,3,5-9,11-12,23H,2,4,10H2,(H,26,27). The molecule has 0 bridgehead atoms. The molecule has 2 N–H and O–H groups in total. The first-order chi connectivity index (χ1) is 13.1. The molecule has 3 heterocycles. The fraction of sp³-hybridized carbons (Fsp3) is 0.150. The second kappa shape index (κ2) is 7.03. The molecule has 1 aromatic carbocycles. The number of carboxylic acid groups (broad SMARTS) is 1. The minimum Gasteiger partial charge on any atom is -0.481 e. The highest BCUT2D eigenvalue weighted by Gasteiger charge is 2.15. The highest BCUT2D eigenvalue weighted by molar-refractivity contribution is 5.87. The van der Waals surface area contributed by atoms with Crippen molar-refractivity contribution in [3.05, 3.63) is 60.7 Å². The van der Waals surface area contributed by atoms with E-state index in [0.29, 0.717) is 30.1 Å². The van der Waals surface area contributed by atoms with Gasteiger partial charge in [-0.1, -0.05) is 12.1 Å². The quantitative estimate of drug-likeness (QED) is 0.506. The third-order valence-corrected chi connectivity index (χ3v) is 4.32. The van der Waals surface area contributed by atoms with Crippen molar-refractivity contribution >= 4 is 28.3 Å². The van der Waals surface area contributed by atoms with Crippen LogP contribution in [0.4, 0.5) is 10.2 Å². The summed E-state index contributed by atoms with van der Waals surface area (Å²) in [4.78, 5) is 19.7. The van der Waals surface area contributed by atoms with Crippen molar-refractivity contribution in [2.45, 2.75) is 12.8 Å². The van der Waals surface area contributed by atoms with Crippen molar-refractivity contribution in [2.75, 3.05) is 11.9 Å². The zero-order chi connectivity index (χ0) is 18.8. The molecule has 0 fully saturated rings. The van der Waals surface area contributed by atoms with Crippen LogP contribution in [0.25, 0.3) is 27.8 Å². The van der Waals surface area contributed by atoms with E-state index in [9.17, 15) is 9.18 Å². The lowest BCUT2D eigenvalue weighted by molar-refractivity contribution is -0.137. The second-order valence-electron chi connectivity index (χ2n) is 6.22. The van der Waals surface area contributed by atoms with Gasteiger partial charge in [-0.25, -0.2) is 9.37 Å². The van der Waals surface area contributed by atoms with Crippen molar-refractivity contribution in [3.8, 4) is 11.3 Å². The monoisotopic (exact) mass is 364 g/mol. The van der Waals surface area contributed by atoms with E-state index in [2.05, 4.69) is 15.3 Å². The van der Waals surface area contributed by atoms with Crippen LogP contribution in [0.15, 0.2) is 54.9 Å². The molecular weight excluding hydrogens is 347 g/mol. The van der Waals surface area contributed by atoms with Crippen molar-refractivity contribution in [3.63, 3.8) is 0 Å². The maximum atomic E-state index is 13.8. The molecule has 0 atom stereocenters. The highest BCUT2D eigenvalue weighted by Crippen LogP contribution is 2.31. The Labute approximate surface area is 154 Å². The number of carbonyl (C=O) groups is 1. The maximum Gasteiger partial charge on any atom is 0.303 e. The largest absolute Gasteiger partial charge is 0.481 e. The van der Waals surface area contributed by atoms with E-state index >= 15 is 0 Å². The number of aliphatic carboxylic acids is 1. The summed E-state index contributed by atoms with van der Waals surface area (Å²) in [5.74, 6) is -0.580. The van der Waals surface area contributed by atoms with Gasteiger partial charge in [-0.15, -0.1) is 0 Å². The van der Waals surface area contributed by atoms with Crippen LogP contribution >= 0.6 is 0 Å². The van der Waals surface area contributed by atoms with E-state index < -0.39 is 5.97 Å². The normalized spacial score (nSPS) is 11.1. The van der Waals surface area contributed by atoms with E-state index in [4.69, 9.17) is 5.11 Å². The molecule has 4 rings (SSSR count). The lowest BCUT2D eigenvalue weighted by Crippen LogP contribution is -2.07. The summed E-state index contributed by atoms with van der Waals surface area (Å²) in [6.07, 6.45) is 3.63. The molecule has 0 saturated heterocycles. The van der Waals surface area contributed by atoms with E-state index in [1.165, 1.54) is 12.3 Å². The number of hydrogen-bond acceptors (Lipinski definition) is 4. The number of carboxylic acids is 1. The Morgan fingerprint density at radius 2 is 2.11 bits per heavy atom. The Hall–Kier alpha value is -3.48. The zero-order valence-corrected chi connectivity index (χ0v) is 14.4. The fourth-order valence-electron chi connectivity index (χ4n) is 3.06. The molecule has 0 aliphatic carbocycles. The Kier molecular flexibility index (Phi) is 4.42.